The fourth-order valence-electron chi connectivity index (χ4n) is 2.87. The minimum atomic E-state index is -1.01. The Kier molecular flexibility index (Phi) is 3.64. The molecular formula is C13H15N3O4S2. The van der Waals surface area contributed by atoms with Gasteiger partial charge in [-0.2, -0.15) is 0 Å². The quantitative estimate of drug-likeness (QED) is 0.765. The number of carbonyl (C=O) groups excluding carboxylic acids is 2. The first-order chi connectivity index (χ1) is 10.3. The number of aliphatic carboxylic acids is 1. The highest BCUT2D eigenvalue weighted by Gasteiger charge is 2.64. The van der Waals surface area contributed by atoms with E-state index in [0.717, 1.165) is 5.56 Å². The Labute approximate surface area is 135 Å². The number of carboxylic acid groups (broad SMARTS) is 1. The van der Waals surface area contributed by atoms with Crippen molar-refractivity contribution in [2.75, 3.05) is 0 Å². The van der Waals surface area contributed by atoms with Crippen LogP contribution in [0.3, 0.4) is 0 Å². The number of aromatic nitrogens is 1. The first-order valence-electron chi connectivity index (χ1n) is 6.71. The molecule has 3 rings (SSSR count). The molecule has 0 spiro atoms. The van der Waals surface area contributed by atoms with E-state index in [2.05, 4.69) is 9.69 Å². The molecule has 1 aromatic heterocycles. The number of β-lactam (4-membered cyclic amide) rings is 1. The molecule has 2 aliphatic rings. The Hall–Kier alpha value is -1.61. The van der Waals surface area contributed by atoms with E-state index in [1.165, 1.54) is 28.2 Å². The lowest BCUT2D eigenvalue weighted by atomic mass is 9.96. The molecule has 0 aromatic carbocycles. The maximum absolute atomic E-state index is 12.2. The van der Waals surface area contributed by atoms with E-state index in [4.69, 9.17) is 0 Å². The van der Waals surface area contributed by atoms with Crippen LogP contribution in [0, 0.1) is 0 Å². The van der Waals surface area contributed by atoms with Crippen LogP contribution in [0.2, 0.25) is 0 Å². The molecule has 3 atom stereocenters. The minimum absolute atomic E-state index is 0.170. The SMILES string of the molecule is CC1(C)S[C@@H]2[C@H](NC(=O)Cc3cnsc3)C(=O)N2[C@H]1C(=O)O. The lowest BCUT2D eigenvalue weighted by molar-refractivity contribution is -0.161. The standard InChI is InChI=1S/C13H15N3O4S2/c1-13(2)9(12(19)20)16-10(18)8(11(16)22-13)15-7(17)3-6-4-14-21-5-6/h4-5,8-9,11H,3H2,1-2H3,(H,15,17)(H,19,20)/t8-,9+,11-/m1/s1. The molecule has 7 nitrogen and oxygen atoms in total. The topological polar surface area (TPSA) is 99.6 Å². The van der Waals surface area contributed by atoms with Crippen LogP contribution < -0.4 is 5.32 Å². The predicted octanol–water partition coefficient (Wildman–Crippen LogP) is 0.317. The van der Waals surface area contributed by atoms with Crippen molar-refractivity contribution in [3.8, 4) is 0 Å². The van der Waals surface area contributed by atoms with Gasteiger partial charge in [-0.05, 0) is 30.9 Å². The lowest BCUT2D eigenvalue weighted by Gasteiger charge is -2.43. The molecule has 22 heavy (non-hydrogen) atoms. The number of hydrogen-bond donors (Lipinski definition) is 2. The van der Waals surface area contributed by atoms with Gasteiger partial charge in [-0.3, -0.25) is 9.59 Å². The van der Waals surface area contributed by atoms with Crippen LogP contribution in [0.15, 0.2) is 11.6 Å². The molecule has 2 fully saturated rings. The summed E-state index contributed by atoms with van der Waals surface area (Å²) in [5.41, 5.74) is 0.800. The van der Waals surface area contributed by atoms with E-state index in [9.17, 15) is 19.5 Å². The normalized spacial score (nSPS) is 28.9. The fourth-order valence-corrected chi connectivity index (χ4v) is 5.03. The largest absolute Gasteiger partial charge is 0.480 e. The molecule has 0 radical (unpaired) electrons. The highest BCUT2D eigenvalue weighted by Crippen LogP contribution is 2.50. The smallest absolute Gasteiger partial charge is 0.327 e. The summed E-state index contributed by atoms with van der Waals surface area (Å²) in [6.07, 6.45) is 1.79. The molecule has 2 saturated heterocycles. The van der Waals surface area contributed by atoms with Gasteiger partial charge in [-0.1, -0.05) is 0 Å². The Balaban J connectivity index is 1.67. The van der Waals surface area contributed by atoms with Crippen LogP contribution in [0.25, 0.3) is 0 Å². The number of amides is 2. The summed E-state index contributed by atoms with van der Waals surface area (Å²) in [5, 5.41) is 13.5. The number of carboxylic acids is 1. The van der Waals surface area contributed by atoms with Crippen LogP contribution in [0.5, 0.6) is 0 Å². The van der Waals surface area contributed by atoms with E-state index < -0.39 is 22.8 Å². The van der Waals surface area contributed by atoms with Crippen molar-refractivity contribution >= 4 is 41.1 Å². The molecule has 3 heterocycles. The van der Waals surface area contributed by atoms with Crippen LogP contribution >= 0.6 is 23.3 Å². The average molecular weight is 341 g/mol. The summed E-state index contributed by atoms with van der Waals surface area (Å²) in [5.74, 6) is -1.59. The first kappa shape index (κ1) is 15.3. The zero-order valence-electron chi connectivity index (χ0n) is 12.0. The van der Waals surface area contributed by atoms with Gasteiger partial charge in [0, 0.05) is 16.3 Å². The highest BCUT2D eigenvalue weighted by atomic mass is 32.2. The predicted molar refractivity (Wildman–Crippen MR) is 81.5 cm³/mol. The molecule has 9 heteroatoms. The average Bonchev–Trinajstić information content (AvgIpc) is 3.00. The van der Waals surface area contributed by atoms with Gasteiger partial charge < -0.3 is 15.3 Å². The van der Waals surface area contributed by atoms with E-state index >= 15 is 0 Å². The van der Waals surface area contributed by atoms with Gasteiger partial charge >= 0.3 is 5.97 Å². The number of carbonyl (C=O) groups is 3. The molecule has 0 saturated carbocycles. The third kappa shape index (κ3) is 2.38. The van der Waals surface area contributed by atoms with Crippen LogP contribution in [-0.2, 0) is 20.8 Å². The molecule has 118 valence electrons. The summed E-state index contributed by atoms with van der Waals surface area (Å²) in [4.78, 5) is 37.0. The lowest BCUT2D eigenvalue weighted by Crippen LogP contribution is -2.70. The second kappa shape index (κ2) is 5.24. The Morgan fingerprint density at radius 2 is 2.23 bits per heavy atom. The van der Waals surface area contributed by atoms with Crippen molar-refractivity contribution in [2.24, 2.45) is 0 Å². The van der Waals surface area contributed by atoms with Crippen molar-refractivity contribution in [1.29, 1.82) is 0 Å². The monoisotopic (exact) mass is 341 g/mol. The van der Waals surface area contributed by atoms with Gasteiger partial charge in [0.1, 0.15) is 17.5 Å². The molecule has 2 aliphatic heterocycles. The van der Waals surface area contributed by atoms with Crippen LogP contribution in [0.1, 0.15) is 19.4 Å². The Morgan fingerprint density at radius 3 is 2.82 bits per heavy atom. The first-order valence-corrected chi connectivity index (χ1v) is 8.43. The molecular weight excluding hydrogens is 326 g/mol. The Bertz CT molecular complexity index is 631. The van der Waals surface area contributed by atoms with Crippen molar-refractivity contribution in [1.82, 2.24) is 14.6 Å². The molecule has 2 amide bonds. The number of hydrogen-bond acceptors (Lipinski definition) is 6. The fraction of sp³-hybridized carbons (Fsp3) is 0.538. The number of fused-ring (bicyclic) bond motifs is 1. The van der Waals surface area contributed by atoms with Gasteiger partial charge in [0.25, 0.3) is 0 Å². The third-order valence-electron chi connectivity index (χ3n) is 3.84. The molecule has 0 bridgehead atoms. The number of thioether (sulfide) groups is 1. The summed E-state index contributed by atoms with van der Waals surface area (Å²) in [6.45, 7) is 3.61. The van der Waals surface area contributed by atoms with E-state index in [1.54, 1.807) is 25.4 Å². The van der Waals surface area contributed by atoms with E-state index in [-0.39, 0.29) is 23.6 Å². The van der Waals surface area contributed by atoms with Gasteiger partial charge in [-0.25, -0.2) is 9.17 Å². The van der Waals surface area contributed by atoms with Crippen LogP contribution in [-0.4, -0.2) is 54.4 Å². The van der Waals surface area contributed by atoms with Gasteiger partial charge in [-0.15, -0.1) is 11.8 Å². The number of nitrogens with zero attached hydrogens (tertiary/aromatic N) is 2. The van der Waals surface area contributed by atoms with Crippen molar-refractivity contribution < 1.29 is 19.5 Å². The van der Waals surface area contributed by atoms with Gasteiger partial charge in [0.05, 0.1) is 6.42 Å². The Morgan fingerprint density at radius 1 is 1.50 bits per heavy atom. The number of nitrogens with one attached hydrogen (secondary N) is 1. The van der Waals surface area contributed by atoms with Crippen molar-refractivity contribution in [2.45, 2.75) is 42.5 Å². The molecule has 1 aromatic rings. The number of rotatable bonds is 4. The van der Waals surface area contributed by atoms with Crippen molar-refractivity contribution in [3.05, 3.63) is 17.1 Å². The van der Waals surface area contributed by atoms with E-state index in [0.29, 0.717) is 0 Å². The molecule has 2 N–H and O–H groups in total. The summed E-state index contributed by atoms with van der Waals surface area (Å²) >= 11 is 2.68. The van der Waals surface area contributed by atoms with Crippen molar-refractivity contribution in [3.63, 3.8) is 0 Å². The summed E-state index contributed by atoms with van der Waals surface area (Å²) in [7, 11) is 0. The highest BCUT2D eigenvalue weighted by molar-refractivity contribution is 8.01. The maximum atomic E-state index is 12.2. The van der Waals surface area contributed by atoms with Gasteiger partial charge in [0.15, 0.2) is 0 Å². The van der Waals surface area contributed by atoms with Crippen LogP contribution in [0.4, 0.5) is 0 Å². The maximum Gasteiger partial charge on any atom is 0.327 e. The summed E-state index contributed by atoms with van der Waals surface area (Å²) in [6, 6.07) is -1.50. The molecule has 0 unspecified atom stereocenters. The second-order valence-corrected chi connectivity index (χ2v) is 8.28. The van der Waals surface area contributed by atoms with E-state index in [1.807, 2.05) is 0 Å². The van der Waals surface area contributed by atoms with Gasteiger partial charge in [0.2, 0.25) is 11.8 Å². The molecule has 0 aliphatic carbocycles. The third-order valence-corrected chi connectivity index (χ3v) is 6.05. The minimum Gasteiger partial charge on any atom is -0.480 e. The second-order valence-electron chi connectivity index (χ2n) is 5.85. The zero-order chi connectivity index (χ0) is 16.1. The summed E-state index contributed by atoms with van der Waals surface area (Å²) < 4.78 is 3.34. The zero-order valence-corrected chi connectivity index (χ0v) is 13.6.